The summed E-state index contributed by atoms with van der Waals surface area (Å²) in [4.78, 5) is 0. The van der Waals surface area contributed by atoms with Gasteiger partial charge in [-0.1, -0.05) is 26.2 Å². The summed E-state index contributed by atoms with van der Waals surface area (Å²) in [6, 6.07) is 5.55. The van der Waals surface area contributed by atoms with Crippen molar-refractivity contribution in [2.45, 2.75) is 51.7 Å². The molecule has 0 aromatic heterocycles. The van der Waals surface area contributed by atoms with Gasteiger partial charge in [-0.15, -0.1) is 0 Å². The van der Waals surface area contributed by atoms with E-state index in [-0.39, 0.29) is 5.84 Å². The fourth-order valence-electron chi connectivity index (χ4n) is 3.12. The average Bonchev–Trinajstić information content (AvgIpc) is 2.52. The first-order chi connectivity index (χ1) is 10.2. The zero-order valence-corrected chi connectivity index (χ0v) is 13.0. The molecule has 2 rings (SSSR count). The summed E-state index contributed by atoms with van der Waals surface area (Å²) in [7, 11) is 1.65. The second-order valence-corrected chi connectivity index (χ2v) is 5.74. The second kappa shape index (κ2) is 7.46. The highest BCUT2D eigenvalue weighted by atomic mass is 16.5. The number of ether oxygens (including phenoxy) is 2. The lowest BCUT2D eigenvalue weighted by molar-refractivity contribution is -0.0227. The fourth-order valence-corrected chi connectivity index (χ4v) is 3.12. The minimum absolute atomic E-state index is 0.0722. The molecular weight excluding hydrogens is 264 g/mol. The van der Waals surface area contributed by atoms with E-state index in [1.807, 2.05) is 12.1 Å². The van der Waals surface area contributed by atoms with Crippen LogP contribution in [-0.4, -0.2) is 19.0 Å². The van der Waals surface area contributed by atoms with Crippen molar-refractivity contribution in [2.75, 3.05) is 7.11 Å². The Balaban J connectivity index is 2.07. The maximum atomic E-state index is 7.55. The average molecular weight is 290 g/mol. The third kappa shape index (κ3) is 3.97. The molecule has 0 amide bonds. The number of nitrogens with one attached hydrogen (secondary N) is 1. The summed E-state index contributed by atoms with van der Waals surface area (Å²) >= 11 is 0. The summed E-state index contributed by atoms with van der Waals surface area (Å²) in [6.07, 6.45) is 6.51. The van der Waals surface area contributed by atoms with E-state index in [9.17, 15) is 0 Å². The Bertz CT molecular complexity index is 488. The van der Waals surface area contributed by atoms with E-state index < -0.39 is 0 Å². The molecule has 1 aromatic rings. The van der Waals surface area contributed by atoms with Crippen LogP contribution in [0.3, 0.4) is 0 Å². The molecule has 21 heavy (non-hydrogen) atoms. The van der Waals surface area contributed by atoms with Crippen molar-refractivity contribution in [1.82, 2.24) is 0 Å². The van der Waals surface area contributed by atoms with Crippen molar-refractivity contribution in [3.05, 3.63) is 29.3 Å². The van der Waals surface area contributed by atoms with Crippen molar-refractivity contribution in [3.8, 4) is 5.75 Å². The quantitative estimate of drug-likeness (QED) is 0.622. The van der Waals surface area contributed by atoms with E-state index in [2.05, 4.69) is 6.92 Å². The molecular formula is C17H26N2O2. The molecule has 4 nitrogen and oxygen atoms in total. The highest BCUT2D eigenvalue weighted by Gasteiger charge is 2.24. The van der Waals surface area contributed by atoms with E-state index in [4.69, 9.17) is 20.6 Å². The van der Waals surface area contributed by atoms with Gasteiger partial charge in [-0.2, -0.15) is 0 Å². The lowest BCUT2D eigenvalue weighted by Crippen LogP contribution is -2.27. The summed E-state index contributed by atoms with van der Waals surface area (Å²) < 4.78 is 11.5. The smallest absolute Gasteiger partial charge is 0.124 e. The van der Waals surface area contributed by atoms with Gasteiger partial charge in [0, 0.05) is 11.1 Å². The van der Waals surface area contributed by atoms with Crippen LogP contribution in [0.2, 0.25) is 0 Å². The number of nitrogens with two attached hydrogens (primary N) is 1. The molecule has 4 heteroatoms. The lowest BCUT2D eigenvalue weighted by Gasteiger charge is -2.31. The number of methoxy groups -OCH3 is 1. The first-order valence-electron chi connectivity index (χ1n) is 7.78. The number of amidine groups is 1. The molecule has 2 unspecified atom stereocenters. The minimum Gasteiger partial charge on any atom is -0.496 e. The maximum absolute atomic E-state index is 7.55. The molecule has 116 valence electrons. The summed E-state index contributed by atoms with van der Waals surface area (Å²) in [6.45, 7) is 2.76. The van der Waals surface area contributed by atoms with Crippen LogP contribution < -0.4 is 10.5 Å². The normalized spacial score (nSPS) is 22.0. The standard InChI is InChI=1S/C17H26N2O2/c1-3-12-6-4-5-7-16(12)21-11-14-10-13(17(18)19)8-9-15(14)20-2/h8-10,12,16H,3-7,11H2,1-2H3,(H3,18,19). The molecule has 0 radical (unpaired) electrons. The number of benzene rings is 1. The minimum atomic E-state index is 0.0722. The van der Waals surface area contributed by atoms with Crippen LogP contribution in [0.5, 0.6) is 5.75 Å². The van der Waals surface area contributed by atoms with E-state index in [0.29, 0.717) is 24.2 Å². The summed E-state index contributed by atoms with van der Waals surface area (Å²) in [5.41, 5.74) is 7.23. The van der Waals surface area contributed by atoms with Gasteiger partial charge in [-0.25, -0.2) is 0 Å². The molecule has 1 aliphatic rings. The number of nitrogen functional groups attached to an aromatic ring is 1. The molecule has 2 atom stereocenters. The van der Waals surface area contributed by atoms with E-state index in [0.717, 1.165) is 17.7 Å². The van der Waals surface area contributed by atoms with Crippen LogP contribution in [0, 0.1) is 11.3 Å². The summed E-state index contributed by atoms with van der Waals surface area (Å²) in [5.74, 6) is 1.53. The van der Waals surface area contributed by atoms with Crippen molar-refractivity contribution in [1.29, 1.82) is 5.41 Å². The van der Waals surface area contributed by atoms with Crippen LogP contribution >= 0.6 is 0 Å². The molecule has 0 aliphatic heterocycles. The van der Waals surface area contributed by atoms with Gasteiger partial charge in [-0.3, -0.25) is 5.41 Å². The van der Waals surface area contributed by atoms with Crippen molar-refractivity contribution in [3.63, 3.8) is 0 Å². The van der Waals surface area contributed by atoms with Crippen molar-refractivity contribution in [2.24, 2.45) is 11.7 Å². The van der Waals surface area contributed by atoms with Gasteiger partial charge < -0.3 is 15.2 Å². The Morgan fingerprint density at radius 2 is 2.10 bits per heavy atom. The van der Waals surface area contributed by atoms with Gasteiger partial charge in [0.1, 0.15) is 11.6 Å². The Morgan fingerprint density at radius 3 is 2.76 bits per heavy atom. The van der Waals surface area contributed by atoms with Crippen LogP contribution in [0.15, 0.2) is 18.2 Å². The predicted octanol–water partition coefficient (Wildman–Crippen LogP) is 3.46. The first kappa shape index (κ1) is 15.8. The molecule has 1 fully saturated rings. The molecule has 3 N–H and O–H groups in total. The molecule has 1 aliphatic carbocycles. The van der Waals surface area contributed by atoms with Gasteiger partial charge in [0.2, 0.25) is 0 Å². The highest BCUT2D eigenvalue weighted by Crippen LogP contribution is 2.30. The molecule has 0 saturated heterocycles. The molecule has 1 saturated carbocycles. The van der Waals surface area contributed by atoms with Gasteiger partial charge >= 0.3 is 0 Å². The van der Waals surface area contributed by atoms with Crippen molar-refractivity contribution < 1.29 is 9.47 Å². The Morgan fingerprint density at radius 1 is 1.33 bits per heavy atom. The maximum Gasteiger partial charge on any atom is 0.124 e. The molecule has 0 bridgehead atoms. The van der Waals surface area contributed by atoms with E-state index in [1.54, 1.807) is 13.2 Å². The fraction of sp³-hybridized carbons (Fsp3) is 0.588. The van der Waals surface area contributed by atoms with Crippen LogP contribution in [0.25, 0.3) is 0 Å². The van der Waals surface area contributed by atoms with Crippen LogP contribution in [-0.2, 0) is 11.3 Å². The third-order valence-electron chi connectivity index (χ3n) is 4.41. The van der Waals surface area contributed by atoms with Crippen LogP contribution in [0.4, 0.5) is 0 Å². The highest BCUT2D eigenvalue weighted by molar-refractivity contribution is 5.95. The van der Waals surface area contributed by atoms with Crippen molar-refractivity contribution >= 4 is 5.84 Å². The van der Waals surface area contributed by atoms with Gasteiger partial charge in [0.25, 0.3) is 0 Å². The predicted molar refractivity (Wildman–Crippen MR) is 84.8 cm³/mol. The van der Waals surface area contributed by atoms with Gasteiger partial charge in [0.15, 0.2) is 0 Å². The monoisotopic (exact) mass is 290 g/mol. The number of hydrogen-bond donors (Lipinski definition) is 2. The molecule has 1 aromatic carbocycles. The number of rotatable bonds is 6. The lowest BCUT2D eigenvalue weighted by atomic mass is 9.85. The SMILES string of the molecule is CCC1CCCCC1OCc1cc(C(=N)N)ccc1OC. The number of hydrogen-bond acceptors (Lipinski definition) is 3. The second-order valence-electron chi connectivity index (χ2n) is 5.74. The Kier molecular flexibility index (Phi) is 5.62. The zero-order chi connectivity index (χ0) is 15.2. The third-order valence-corrected chi connectivity index (χ3v) is 4.41. The Hall–Kier alpha value is -1.55. The molecule has 0 heterocycles. The Labute approximate surface area is 127 Å². The largest absolute Gasteiger partial charge is 0.496 e. The topological polar surface area (TPSA) is 68.3 Å². The van der Waals surface area contributed by atoms with E-state index in [1.165, 1.54) is 25.7 Å². The zero-order valence-electron chi connectivity index (χ0n) is 13.0. The van der Waals surface area contributed by atoms with E-state index >= 15 is 0 Å². The molecule has 0 spiro atoms. The van der Waals surface area contributed by atoms with Crippen LogP contribution in [0.1, 0.15) is 50.2 Å². The van der Waals surface area contributed by atoms with Gasteiger partial charge in [-0.05, 0) is 37.0 Å². The summed E-state index contributed by atoms with van der Waals surface area (Å²) in [5, 5.41) is 7.55. The first-order valence-corrected chi connectivity index (χ1v) is 7.78. The van der Waals surface area contributed by atoms with Gasteiger partial charge in [0.05, 0.1) is 19.8 Å².